The average Bonchev–Trinajstić information content (AvgIpc) is 2.53. The van der Waals surface area contributed by atoms with E-state index in [2.05, 4.69) is 34.1 Å². The summed E-state index contributed by atoms with van der Waals surface area (Å²) in [6.45, 7) is 8.31. The van der Waals surface area contributed by atoms with Gasteiger partial charge in [0.25, 0.3) is 0 Å². The van der Waals surface area contributed by atoms with Gasteiger partial charge < -0.3 is 15.1 Å². The van der Waals surface area contributed by atoms with Crippen LogP contribution in [0.1, 0.15) is 58.3 Å². The van der Waals surface area contributed by atoms with Gasteiger partial charge in [-0.2, -0.15) is 0 Å². The quantitative estimate of drug-likeness (QED) is 0.266. The molecule has 0 aromatic carbocycles. The highest BCUT2D eigenvalue weighted by atomic mass is 127. The fourth-order valence-electron chi connectivity index (χ4n) is 2.91. The maximum absolute atomic E-state index is 4.36. The summed E-state index contributed by atoms with van der Waals surface area (Å²) in [7, 11) is 4.00. The molecule has 0 unspecified atom stereocenters. The highest BCUT2D eigenvalue weighted by molar-refractivity contribution is 14.0. The molecule has 0 saturated carbocycles. The van der Waals surface area contributed by atoms with Gasteiger partial charge in [-0.25, -0.2) is 0 Å². The number of aliphatic imine (C=N–C) groups is 1. The van der Waals surface area contributed by atoms with Crippen LogP contribution in [0, 0.1) is 0 Å². The molecule has 0 spiro atoms. The van der Waals surface area contributed by atoms with Crippen LogP contribution in [0.15, 0.2) is 4.99 Å². The van der Waals surface area contributed by atoms with Gasteiger partial charge in [-0.15, -0.1) is 24.0 Å². The van der Waals surface area contributed by atoms with Crippen molar-refractivity contribution >= 4 is 29.9 Å². The van der Waals surface area contributed by atoms with Crippen molar-refractivity contribution in [3.05, 3.63) is 0 Å². The molecule has 1 N–H and O–H groups in total. The Morgan fingerprint density at radius 2 is 1.82 bits per heavy atom. The molecule has 0 aromatic heterocycles. The van der Waals surface area contributed by atoms with E-state index in [1.165, 1.54) is 71.0 Å². The summed E-state index contributed by atoms with van der Waals surface area (Å²) in [6, 6.07) is 0. The van der Waals surface area contributed by atoms with E-state index in [9.17, 15) is 0 Å². The van der Waals surface area contributed by atoms with Gasteiger partial charge in [-0.3, -0.25) is 4.99 Å². The van der Waals surface area contributed by atoms with Crippen molar-refractivity contribution in [2.24, 2.45) is 4.99 Å². The number of hydrogen-bond acceptors (Lipinski definition) is 2. The molecule has 5 heteroatoms. The Morgan fingerprint density at radius 3 is 2.45 bits per heavy atom. The number of halogens is 1. The second-order valence-corrected chi connectivity index (χ2v) is 6.21. The van der Waals surface area contributed by atoms with Gasteiger partial charge in [0.2, 0.25) is 0 Å². The van der Waals surface area contributed by atoms with E-state index in [0.717, 1.165) is 19.0 Å². The number of likely N-dealkylation sites (tertiary alicyclic amines) is 1. The molecule has 1 heterocycles. The third-order valence-electron chi connectivity index (χ3n) is 4.30. The van der Waals surface area contributed by atoms with Gasteiger partial charge in [0.05, 0.1) is 0 Å². The first-order valence-corrected chi connectivity index (χ1v) is 8.92. The van der Waals surface area contributed by atoms with Gasteiger partial charge in [0.1, 0.15) is 0 Å². The zero-order chi connectivity index (χ0) is 15.3. The molecule has 1 aliphatic rings. The van der Waals surface area contributed by atoms with E-state index in [1.54, 1.807) is 0 Å². The van der Waals surface area contributed by atoms with Crippen LogP contribution in [0.2, 0.25) is 0 Å². The normalized spacial score (nSPS) is 16.2. The fourth-order valence-corrected chi connectivity index (χ4v) is 2.91. The van der Waals surface area contributed by atoms with Gasteiger partial charge in [-0.05, 0) is 51.7 Å². The highest BCUT2D eigenvalue weighted by Gasteiger charge is 2.09. The van der Waals surface area contributed by atoms with E-state index in [-0.39, 0.29) is 24.0 Å². The maximum atomic E-state index is 4.36. The molecule has 0 atom stereocenters. The Hall–Kier alpha value is -0.0400. The predicted octanol–water partition coefficient (Wildman–Crippen LogP) is 3.57. The summed E-state index contributed by atoms with van der Waals surface area (Å²) in [5.41, 5.74) is 0. The van der Waals surface area contributed by atoms with E-state index >= 15 is 0 Å². The Morgan fingerprint density at radius 1 is 1.09 bits per heavy atom. The number of nitrogens with one attached hydrogen (secondary N) is 1. The Labute approximate surface area is 155 Å². The van der Waals surface area contributed by atoms with Crippen LogP contribution in [0.3, 0.4) is 0 Å². The molecule has 1 fully saturated rings. The second kappa shape index (κ2) is 14.5. The van der Waals surface area contributed by atoms with Crippen molar-refractivity contribution in [3.63, 3.8) is 0 Å². The van der Waals surface area contributed by atoms with Crippen molar-refractivity contribution in [2.45, 2.75) is 58.3 Å². The molecule has 4 nitrogen and oxygen atoms in total. The number of rotatable bonds is 9. The number of hydrogen-bond donors (Lipinski definition) is 1. The standard InChI is InChI=1S/C17H36N4.HI/c1-4-5-13-20(3)17(18-2)19-12-8-6-9-14-21-15-10-7-11-16-21;/h4-16H2,1-3H3,(H,18,19);1H. The first-order valence-electron chi connectivity index (χ1n) is 8.92. The van der Waals surface area contributed by atoms with E-state index in [0.29, 0.717) is 0 Å². The zero-order valence-electron chi connectivity index (χ0n) is 14.9. The average molecular weight is 424 g/mol. The third kappa shape index (κ3) is 9.87. The molecule has 0 aliphatic carbocycles. The lowest BCUT2D eigenvalue weighted by atomic mass is 10.1. The number of nitrogens with zero attached hydrogens (tertiary/aromatic N) is 3. The van der Waals surface area contributed by atoms with Crippen molar-refractivity contribution < 1.29 is 0 Å². The fraction of sp³-hybridized carbons (Fsp3) is 0.941. The van der Waals surface area contributed by atoms with Crippen molar-refractivity contribution in [2.75, 3.05) is 46.8 Å². The second-order valence-electron chi connectivity index (χ2n) is 6.21. The first-order chi connectivity index (χ1) is 10.3. The smallest absolute Gasteiger partial charge is 0.193 e. The van der Waals surface area contributed by atoms with Crippen LogP contribution in [-0.4, -0.2) is 62.6 Å². The van der Waals surface area contributed by atoms with Crippen molar-refractivity contribution in [3.8, 4) is 0 Å². The molecular weight excluding hydrogens is 387 g/mol. The minimum absolute atomic E-state index is 0. The maximum Gasteiger partial charge on any atom is 0.193 e. The molecule has 0 bridgehead atoms. The molecular formula is C17H37IN4. The SMILES string of the molecule is CCCCN(C)C(=NC)NCCCCCN1CCCCC1.I. The van der Waals surface area contributed by atoms with Crippen molar-refractivity contribution in [1.82, 2.24) is 15.1 Å². The van der Waals surface area contributed by atoms with Crippen LogP contribution in [0.4, 0.5) is 0 Å². The van der Waals surface area contributed by atoms with Gasteiger partial charge in [-0.1, -0.05) is 26.2 Å². The summed E-state index contributed by atoms with van der Waals surface area (Å²) in [6.07, 6.45) is 10.6. The van der Waals surface area contributed by atoms with Crippen LogP contribution >= 0.6 is 24.0 Å². The molecule has 0 radical (unpaired) electrons. The molecule has 0 aromatic rings. The summed E-state index contributed by atoms with van der Waals surface area (Å²) in [5, 5.41) is 3.48. The first kappa shape index (κ1) is 22.0. The molecule has 1 rings (SSSR count). The largest absolute Gasteiger partial charge is 0.356 e. The molecule has 1 aliphatic heterocycles. The summed E-state index contributed by atoms with van der Waals surface area (Å²) in [5.74, 6) is 1.04. The van der Waals surface area contributed by atoms with Crippen LogP contribution in [-0.2, 0) is 0 Å². The Balaban J connectivity index is 0.00000441. The zero-order valence-corrected chi connectivity index (χ0v) is 17.3. The van der Waals surface area contributed by atoms with Gasteiger partial charge >= 0.3 is 0 Å². The number of piperidine rings is 1. The summed E-state index contributed by atoms with van der Waals surface area (Å²) < 4.78 is 0. The Bertz CT molecular complexity index is 278. The van der Waals surface area contributed by atoms with E-state index < -0.39 is 0 Å². The topological polar surface area (TPSA) is 30.9 Å². The summed E-state index contributed by atoms with van der Waals surface area (Å²) >= 11 is 0. The van der Waals surface area contributed by atoms with E-state index in [1.807, 2.05) is 7.05 Å². The molecule has 22 heavy (non-hydrogen) atoms. The molecule has 132 valence electrons. The van der Waals surface area contributed by atoms with Crippen molar-refractivity contribution in [1.29, 1.82) is 0 Å². The van der Waals surface area contributed by atoms with Crippen LogP contribution < -0.4 is 5.32 Å². The predicted molar refractivity (Wildman–Crippen MR) is 108 cm³/mol. The Kier molecular flexibility index (Phi) is 14.5. The minimum atomic E-state index is 0. The monoisotopic (exact) mass is 424 g/mol. The lowest BCUT2D eigenvalue weighted by molar-refractivity contribution is 0.224. The lowest BCUT2D eigenvalue weighted by Crippen LogP contribution is -2.39. The van der Waals surface area contributed by atoms with Gasteiger partial charge in [0, 0.05) is 27.2 Å². The van der Waals surface area contributed by atoms with Crippen LogP contribution in [0.25, 0.3) is 0 Å². The molecule has 1 saturated heterocycles. The number of unbranched alkanes of at least 4 members (excludes halogenated alkanes) is 3. The molecule has 0 amide bonds. The summed E-state index contributed by atoms with van der Waals surface area (Å²) in [4.78, 5) is 9.22. The highest BCUT2D eigenvalue weighted by Crippen LogP contribution is 2.09. The minimum Gasteiger partial charge on any atom is -0.356 e. The van der Waals surface area contributed by atoms with E-state index in [4.69, 9.17) is 0 Å². The third-order valence-corrected chi connectivity index (χ3v) is 4.30. The van der Waals surface area contributed by atoms with Crippen LogP contribution in [0.5, 0.6) is 0 Å². The number of guanidine groups is 1. The van der Waals surface area contributed by atoms with Gasteiger partial charge in [0.15, 0.2) is 5.96 Å². The lowest BCUT2D eigenvalue weighted by Gasteiger charge is -2.26.